The highest BCUT2D eigenvalue weighted by atomic mass is 32.2. The number of nitriles is 1. The van der Waals surface area contributed by atoms with Crippen molar-refractivity contribution >= 4 is 22.0 Å². The fraction of sp³-hybridized carbons (Fsp3) is 0.727. The summed E-state index contributed by atoms with van der Waals surface area (Å²) in [6, 6.07) is 1.24. The average molecular weight is 300 g/mol. The van der Waals surface area contributed by atoms with Crippen LogP contribution in [0.25, 0.3) is 0 Å². The van der Waals surface area contributed by atoms with E-state index in [0.717, 1.165) is 0 Å². The molecule has 2 heterocycles. The Kier molecular flexibility index (Phi) is 3.71. The highest BCUT2D eigenvalue weighted by Crippen LogP contribution is 2.28. The van der Waals surface area contributed by atoms with Gasteiger partial charge in [-0.05, 0) is 19.3 Å². The molecule has 1 atom stereocenters. The van der Waals surface area contributed by atoms with Gasteiger partial charge in [-0.2, -0.15) is 5.26 Å². The molecule has 0 bridgehead atoms. The third-order valence-corrected chi connectivity index (χ3v) is 6.07. The van der Waals surface area contributed by atoms with Crippen LogP contribution in [-0.4, -0.2) is 48.5 Å². The van der Waals surface area contributed by atoms with Gasteiger partial charge in [0.2, 0.25) is 10.0 Å². The molecule has 1 unspecified atom stereocenters. The van der Waals surface area contributed by atoms with E-state index in [9.17, 15) is 18.0 Å². The molecule has 0 saturated carbocycles. The number of amides is 3. The number of sulfonamides is 1. The normalized spacial score (nSPS) is 24.0. The van der Waals surface area contributed by atoms with E-state index in [1.807, 2.05) is 0 Å². The van der Waals surface area contributed by atoms with Crippen LogP contribution < -0.4 is 10.6 Å². The van der Waals surface area contributed by atoms with E-state index in [1.165, 1.54) is 4.31 Å². The first kappa shape index (κ1) is 14.7. The van der Waals surface area contributed by atoms with E-state index in [4.69, 9.17) is 5.26 Å². The summed E-state index contributed by atoms with van der Waals surface area (Å²) in [4.78, 5) is 22.9. The molecule has 0 aromatic heterocycles. The Hall–Kier alpha value is -1.66. The third kappa shape index (κ3) is 2.25. The van der Waals surface area contributed by atoms with Gasteiger partial charge in [-0.1, -0.05) is 6.92 Å². The molecule has 9 heteroatoms. The highest BCUT2D eigenvalue weighted by molar-refractivity contribution is 7.90. The van der Waals surface area contributed by atoms with Gasteiger partial charge in [-0.15, -0.1) is 0 Å². The Bertz CT molecular complexity index is 572. The highest BCUT2D eigenvalue weighted by Gasteiger charge is 2.49. The summed E-state index contributed by atoms with van der Waals surface area (Å²) in [5.41, 5.74) is -1.00. The van der Waals surface area contributed by atoms with Gasteiger partial charge in [0.1, 0.15) is 5.54 Å². The van der Waals surface area contributed by atoms with Crippen LogP contribution in [0.15, 0.2) is 0 Å². The molecule has 1 spiro atoms. The lowest BCUT2D eigenvalue weighted by molar-refractivity contribution is -0.125. The minimum atomic E-state index is -3.67. The third-order valence-electron chi connectivity index (χ3n) is 3.82. The zero-order chi connectivity index (χ0) is 15.0. The molecule has 0 aromatic rings. The average Bonchev–Trinajstić information content (AvgIpc) is 2.65. The van der Waals surface area contributed by atoms with E-state index in [1.54, 1.807) is 13.0 Å². The summed E-state index contributed by atoms with van der Waals surface area (Å²) in [7, 11) is -3.67. The molecule has 0 aliphatic carbocycles. The molecule has 2 saturated heterocycles. The van der Waals surface area contributed by atoms with E-state index in [0.29, 0.717) is 0 Å². The first-order valence-corrected chi connectivity index (χ1v) is 7.88. The number of rotatable bonds is 3. The minimum Gasteiger partial charge on any atom is -0.323 e. The van der Waals surface area contributed by atoms with Crippen molar-refractivity contribution in [3.05, 3.63) is 0 Å². The lowest BCUT2D eigenvalue weighted by atomic mass is 9.89. The van der Waals surface area contributed by atoms with Gasteiger partial charge in [0.25, 0.3) is 5.91 Å². The first-order chi connectivity index (χ1) is 9.35. The van der Waals surface area contributed by atoms with Crippen LogP contribution in [0.2, 0.25) is 0 Å². The SMILES string of the molecule is CCC(C#N)S(=O)(=O)N1CCC2(CC1)NC(=O)NC2=O. The van der Waals surface area contributed by atoms with Gasteiger partial charge < -0.3 is 5.32 Å². The molecule has 2 rings (SSSR count). The Morgan fingerprint density at radius 2 is 2.00 bits per heavy atom. The zero-order valence-electron chi connectivity index (χ0n) is 11.0. The lowest BCUT2D eigenvalue weighted by Crippen LogP contribution is -2.56. The van der Waals surface area contributed by atoms with Crippen LogP contribution in [0.4, 0.5) is 4.79 Å². The van der Waals surface area contributed by atoms with Gasteiger partial charge in [-0.25, -0.2) is 17.5 Å². The number of nitrogens with zero attached hydrogens (tertiary/aromatic N) is 2. The van der Waals surface area contributed by atoms with Crippen molar-refractivity contribution in [1.82, 2.24) is 14.9 Å². The number of nitrogens with one attached hydrogen (secondary N) is 2. The number of urea groups is 1. The predicted molar refractivity (Wildman–Crippen MR) is 68.8 cm³/mol. The van der Waals surface area contributed by atoms with Crippen molar-refractivity contribution in [2.24, 2.45) is 0 Å². The molecule has 0 aromatic carbocycles. The first-order valence-electron chi connectivity index (χ1n) is 6.38. The van der Waals surface area contributed by atoms with Gasteiger partial charge in [0.15, 0.2) is 5.25 Å². The van der Waals surface area contributed by atoms with Crippen LogP contribution in [-0.2, 0) is 14.8 Å². The smallest absolute Gasteiger partial charge is 0.322 e. The Morgan fingerprint density at radius 1 is 1.40 bits per heavy atom. The maximum atomic E-state index is 12.2. The van der Waals surface area contributed by atoms with Crippen molar-refractivity contribution in [3.63, 3.8) is 0 Å². The Balaban J connectivity index is 2.11. The molecule has 20 heavy (non-hydrogen) atoms. The summed E-state index contributed by atoms with van der Waals surface area (Å²) in [5, 5.41) is 12.6. The van der Waals surface area contributed by atoms with Crippen LogP contribution in [0.5, 0.6) is 0 Å². The largest absolute Gasteiger partial charge is 0.323 e. The van der Waals surface area contributed by atoms with Gasteiger partial charge >= 0.3 is 6.03 Å². The number of hydrogen-bond donors (Lipinski definition) is 2. The van der Waals surface area contributed by atoms with Crippen molar-refractivity contribution in [3.8, 4) is 6.07 Å². The lowest BCUT2D eigenvalue weighted by Gasteiger charge is -2.36. The summed E-state index contributed by atoms with van der Waals surface area (Å²) in [6.07, 6.45) is 0.648. The summed E-state index contributed by atoms with van der Waals surface area (Å²) in [6.45, 7) is 1.88. The predicted octanol–water partition coefficient (Wildman–Crippen LogP) is -0.708. The number of piperidine rings is 1. The summed E-state index contributed by atoms with van der Waals surface area (Å²) >= 11 is 0. The molecule has 3 amide bonds. The van der Waals surface area contributed by atoms with E-state index >= 15 is 0 Å². The molecule has 2 aliphatic rings. The van der Waals surface area contributed by atoms with E-state index in [2.05, 4.69) is 10.6 Å². The monoisotopic (exact) mass is 300 g/mol. The van der Waals surface area contributed by atoms with Crippen molar-refractivity contribution in [2.75, 3.05) is 13.1 Å². The molecule has 2 N–H and O–H groups in total. The van der Waals surface area contributed by atoms with Crippen molar-refractivity contribution in [2.45, 2.75) is 37.0 Å². The molecule has 2 fully saturated rings. The standard InChI is InChI=1S/C11H16N4O4S/c1-2-8(7-12)20(18,19)15-5-3-11(4-6-15)9(16)13-10(17)14-11/h8H,2-6H2,1H3,(H2,13,14,16,17). The minimum absolute atomic E-state index is 0.119. The fourth-order valence-corrected chi connectivity index (χ4v) is 4.16. The van der Waals surface area contributed by atoms with E-state index in [-0.39, 0.29) is 32.4 Å². The molecular weight excluding hydrogens is 284 g/mol. The van der Waals surface area contributed by atoms with Crippen LogP contribution in [0.1, 0.15) is 26.2 Å². The van der Waals surface area contributed by atoms with Crippen molar-refractivity contribution < 1.29 is 18.0 Å². The number of carbonyl (C=O) groups excluding carboxylic acids is 2. The molecular formula is C11H16N4O4S. The van der Waals surface area contributed by atoms with Crippen LogP contribution in [0.3, 0.4) is 0 Å². The topological polar surface area (TPSA) is 119 Å². The molecule has 110 valence electrons. The van der Waals surface area contributed by atoms with Crippen LogP contribution >= 0.6 is 0 Å². The Labute approximate surface area is 117 Å². The zero-order valence-corrected chi connectivity index (χ0v) is 11.9. The molecule has 8 nitrogen and oxygen atoms in total. The Morgan fingerprint density at radius 3 is 2.40 bits per heavy atom. The van der Waals surface area contributed by atoms with Crippen LogP contribution in [0, 0.1) is 11.3 Å². The second kappa shape index (κ2) is 5.03. The van der Waals surface area contributed by atoms with E-state index < -0.39 is 32.8 Å². The quantitative estimate of drug-likeness (QED) is 0.667. The maximum absolute atomic E-state index is 12.2. The van der Waals surface area contributed by atoms with Gasteiger partial charge in [0.05, 0.1) is 6.07 Å². The number of hydrogen-bond acceptors (Lipinski definition) is 5. The van der Waals surface area contributed by atoms with Gasteiger partial charge in [0, 0.05) is 13.1 Å². The number of imide groups is 1. The van der Waals surface area contributed by atoms with Gasteiger partial charge in [-0.3, -0.25) is 10.1 Å². The summed E-state index contributed by atoms with van der Waals surface area (Å²) in [5.74, 6) is -0.410. The second-order valence-electron chi connectivity index (χ2n) is 4.96. The maximum Gasteiger partial charge on any atom is 0.322 e. The second-order valence-corrected chi connectivity index (χ2v) is 7.08. The summed E-state index contributed by atoms with van der Waals surface area (Å²) < 4.78 is 25.7. The fourth-order valence-electron chi connectivity index (χ4n) is 2.55. The van der Waals surface area contributed by atoms with Crippen molar-refractivity contribution in [1.29, 1.82) is 5.26 Å². The molecule has 0 radical (unpaired) electrons. The molecule has 2 aliphatic heterocycles. The number of carbonyl (C=O) groups is 2.